The third-order valence-electron chi connectivity index (χ3n) is 12.3. The van der Waals surface area contributed by atoms with Crippen LogP contribution in [-0.2, 0) is 27.9 Å². The molecule has 0 radical (unpaired) electrons. The van der Waals surface area contributed by atoms with Gasteiger partial charge in [0.15, 0.2) is 0 Å². The van der Waals surface area contributed by atoms with Crippen molar-refractivity contribution in [1.82, 2.24) is 5.32 Å². The number of nitrogens with one attached hydrogen (secondary N) is 1. The second-order valence-corrected chi connectivity index (χ2v) is 21.9. The topological polar surface area (TPSA) is 111 Å². The first kappa shape index (κ1) is 68.9. The Bertz CT molecular complexity index is 1560. The van der Waals surface area contributed by atoms with E-state index in [0.717, 1.165) is 96.3 Å². The van der Waals surface area contributed by atoms with Crippen molar-refractivity contribution in [2.24, 2.45) is 0 Å². The van der Waals surface area contributed by atoms with Gasteiger partial charge in [0.2, 0.25) is 5.91 Å². The minimum Gasteiger partial charge on any atom is -0.456 e. The van der Waals surface area contributed by atoms with Crippen molar-refractivity contribution in [3.8, 4) is 0 Å². The summed E-state index contributed by atoms with van der Waals surface area (Å²) in [5.74, 6) is -0.580. The Hall–Kier alpha value is -3.07. The van der Waals surface area contributed by atoms with Gasteiger partial charge in [-0.15, -0.1) is 0 Å². The lowest BCUT2D eigenvalue weighted by molar-refractivity contribution is -0.870. The molecule has 1 amide bonds. The number of nitrogens with zero attached hydrogens (tertiary/aromatic N) is 1. The molecule has 0 aromatic rings. The molecule has 0 aromatic heterocycles. The fourth-order valence-electron chi connectivity index (χ4n) is 7.78. The number of likely N-dealkylation sites (N-methyl/N-ethyl adjacent to an activating group) is 1. The smallest absolute Gasteiger partial charge is 0.456 e. The zero-order chi connectivity index (χ0) is 52.9. The van der Waals surface area contributed by atoms with Gasteiger partial charge in [-0.25, -0.2) is 4.57 Å². The van der Waals surface area contributed by atoms with E-state index in [1.54, 1.807) is 0 Å². The monoisotopic (exact) mass is 1030 g/mol. The average molecular weight is 1030 g/mol. The molecule has 0 bridgehead atoms. The summed E-state index contributed by atoms with van der Waals surface area (Å²) in [4.78, 5) is 37.6. The minimum atomic E-state index is -4.46. The summed E-state index contributed by atoms with van der Waals surface area (Å²) in [7, 11) is 1.45. The van der Waals surface area contributed by atoms with Crippen LogP contribution >= 0.6 is 7.82 Å². The minimum absolute atomic E-state index is 0.0250. The molecule has 0 aliphatic rings. The number of amides is 1. The predicted octanol–water partition coefficient (Wildman–Crippen LogP) is 17.6. The zero-order valence-electron chi connectivity index (χ0n) is 47.1. The summed E-state index contributed by atoms with van der Waals surface area (Å²) in [5, 5.41) is 3.02. The molecular weight excluding hydrogens is 916 g/mol. The maximum Gasteiger partial charge on any atom is 0.472 e. The Kier molecular flexibility index (Phi) is 49.2. The molecule has 0 heterocycles. The van der Waals surface area contributed by atoms with Gasteiger partial charge in [-0.05, 0) is 102 Å². The van der Waals surface area contributed by atoms with Crippen molar-refractivity contribution >= 4 is 19.7 Å². The number of carbonyl (C=O) groups is 2. The maximum atomic E-state index is 13.5. The molecule has 0 spiro atoms. The van der Waals surface area contributed by atoms with Crippen LogP contribution < -0.4 is 5.32 Å². The normalized spacial score (nSPS) is 14.5. The highest BCUT2D eigenvalue weighted by Gasteiger charge is 2.30. The van der Waals surface area contributed by atoms with E-state index in [2.05, 4.69) is 111 Å². The lowest BCUT2D eigenvalue weighted by Gasteiger charge is -2.27. The highest BCUT2D eigenvalue weighted by atomic mass is 31.2. The van der Waals surface area contributed by atoms with E-state index >= 15 is 0 Å². The molecule has 0 saturated carbocycles. The first-order valence-corrected chi connectivity index (χ1v) is 30.6. The van der Waals surface area contributed by atoms with Crippen molar-refractivity contribution < 1.29 is 37.3 Å². The van der Waals surface area contributed by atoms with Crippen molar-refractivity contribution in [3.05, 3.63) is 97.2 Å². The number of esters is 1. The molecule has 3 unspecified atom stereocenters. The largest absolute Gasteiger partial charge is 0.472 e. The average Bonchev–Trinajstić information content (AvgIpc) is 3.34. The Morgan fingerprint density at radius 3 is 1.42 bits per heavy atom. The number of phosphoric acid groups is 1. The van der Waals surface area contributed by atoms with Gasteiger partial charge in [0.1, 0.15) is 19.3 Å². The zero-order valence-corrected chi connectivity index (χ0v) is 48.0. The summed E-state index contributed by atoms with van der Waals surface area (Å²) in [6, 6.07) is -0.880. The molecule has 3 atom stereocenters. The van der Waals surface area contributed by atoms with Gasteiger partial charge in [0.25, 0.3) is 0 Å². The van der Waals surface area contributed by atoms with Gasteiger partial charge < -0.3 is 19.4 Å². The van der Waals surface area contributed by atoms with E-state index in [-0.39, 0.29) is 37.9 Å². The number of unbranched alkanes of at least 4 members (excludes halogenated alkanes) is 22. The van der Waals surface area contributed by atoms with Crippen molar-refractivity contribution in [2.45, 2.75) is 245 Å². The van der Waals surface area contributed by atoms with Gasteiger partial charge >= 0.3 is 13.8 Å². The molecule has 9 nitrogen and oxygen atoms in total. The van der Waals surface area contributed by atoms with Crippen molar-refractivity contribution in [2.75, 3.05) is 40.9 Å². The number of hydrogen-bond donors (Lipinski definition) is 2. The standard InChI is InChI=1S/C62H109N2O7P/c1-7-10-13-16-19-22-25-27-29-31-32-33-35-37-40-43-46-49-52-55-62(66)71-60(53-50-47-44-41-38-24-21-18-15-12-9-3)59(58-70-72(67,68)69-57-56-64(4,5)6)63-61(65)54-51-48-45-42-39-36-34-30-28-26-23-20-17-14-11-8-2/h10,13,19,22,27,29-30,32-34,36-37,39-40,50,53,59-60H,7-9,11-12,14-18,20-21,23-26,28,31,35,38,41-49,51-52,54-58H2,1-6H3,(H-,63,65,67,68)/p+1/b13-10-,22-19-,29-27-,33-32-,34-30+,39-36+,40-37-,53-50+. The van der Waals surface area contributed by atoms with Crippen LogP contribution in [0.2, 0.25) is 0 Å². The van der Waals surface area contributed by atoms with Gasteiger partial charge in [0.05, 0.1) is 33.8 Å². The molecule has 2 N–H and O–H groups in total. The number of ether oxygens (including phenoxy) is 1. The Balaban J connectivity index is 5.42. The maximum absolute atomic E-state index is 13.5. The number of carbonyl (C=O) groups excluding carboxylic acids is 2. The van der Waals surface area contributed by atoms with E-state index < -0.39 is 20.0 Å². The Morgan fingerprint density at radius 1 is 0.514 bits per heavy atom. The first-order chi connectivity index (χ1) is 34.9. The number of quaternary nitrogens is 1. The Morgan fingerprint density at radius 2 is 0.931 bits per heavy atom. The first-order valence-electron chi connectivity index (χ1n) is 29.1. The molecule has 0 aromatic carbocycles. The third kappa shape index (κ3) is 51.8. The molecule has 72 heavy (non-hydrogen) atoms. The summed E-state index contributed by atoms with van der Waals surface area (Å²) >= 11 is 0. The highest BCUT2D eigenvalue weighted by Crippen LogP contribution is 2.43. The number of hydrogen-bond acceptors (Lipinski definition) is 6. The predicted molar refractivity (Wildman–Crippen MR) is 309 cm³/mol. The number of allylic oxidation sites excluding steroid dienone is 15. The number of rotatable bonds is 51. The molecule has 0 rings (SSSR count). The van der Waals surface area contributed by atoms with E-state index in [1.807, 2.05) is 33.3 Å². The van der Waals surface area contributed by atoms with Gasteiger partial charge in [0, 0.05) is 12.8 Å². The number of phosphoric ester groups is 1. The van der Waals surface area contributed by atoms with Crippen LogP contribution in [0.15, 0.2) is 97.2 Å². The van der Waals surface area contributed by atoms with Crippen LogP contribution in [0.1, 0.15) is 233 Å². The fourth-order valence-corrected chi connectivity index (χ4v) is 8.52. The Labute approximate surface area is 443 Å². The quantitative estimate of drug-likeness (QED) is 0.0156. The summed E-state index contributed by atoms with van der Waals surface area (Å²) in [5.41, 5.74) is 0. The summed E-state index contributed by atoms with van der Waals surface area (Å²) < 4.78 is 30.6. The van der Waals surface area contributed by atoms with E-state index in [0.29, 0.717) is 23.9 Å². The molecule has 414 valence electrons. The molecule has 0 aliphatic carbocycles. The van der Waals surface area contributed by atoms with Crippen molar-refractivity contribution in [1.29, 1.82) is 0 Å². The van der Waals surface area contributed by atoms with Crippen molar-refractivity contribution in [3.63, 3.8) is 0 Å². The van der Waals surface area contributed by atoms with Crippen LogP contribution in [0.3, 0.4) is 0 Å². The summed E-state index contributed by atoms with van der Waals surface area (Å²) in [6.45, 7) is 6.83. The van der Waals surface area contributed by atoms with Crippen LogP contribution in [0.4, 0.5) is 0 Å². The lowest BCUT2D eigenvalue weighted by Crippen LogP contribution is -2.47. The van der Waals surface area contributed by atoms with Crippen LogP contribution in [0.25, 0.3) is 0 Å². The molecule has 0 saturated heterocycles. The van der Waals surface area contributed by atoms with Gasteiger partial charge in [-0.1, -0.05) is 215 Å². The summed E-state index contributed by atoms with van der Waals surface area (Å²) in [6.07, 6.45) is 68.4. The molecule has 0 aliphatic heterocycles. The van der Waals surface area contributed by atoms with E-state index in [1.165, 1.54) is 89.9 Å². The van der Waals surface area contributed by atoms with Crippen LogP contribution in [0.5, 0.6) is 0 Å². The van der Waals surface area contributed by atoms with Crippen LogP contribution in [0, 0.1) is 0 Å². The highest BCUT2D eigenvalue weighted by molar-refractivity contribution is 7.47. The second-order valence-electron chi connectivity index (χ2n) is 20.5. The SMILES string of the molecule is CC/C=C\C/C=C\C/C=C\C/C=C\C/C=C\CCCCCC(=O)OC(/C=C/CCCCCCCCCCC)C(COP(=O)(O)OCC[N+](C)(C)C)NC(=O)CCCCC/C=C/C=C/CCCCCCCCC. The second kappa shape index (κ2) is 51.4. The molecule has 10 heteroatoms. The lowest BCUT2D eigenvalue weighted by atomic mass is 10.1. The van der Waals surface area contributed by atoms with Crippen LogP contribution in [-0.4, -0.2) is 74.3 Å². The molecular formula is C62H110N2O7P+. The van der Waals surface area contributed by atoms with E-state index in [4.69, 9.17) is 13.8 Å². The van der Waals surface area contributed by atoms with Gasteiger partial charge in [-0.2, -0.15) is 0 Å². The fraction of sp³-hybridized carbons (Fsp3) is 0.710. The van der Waals surface area contributed by atoms with E-state index in [9.17, 15) is 19.0 Å². The third-order valence-corrected chi connectivity index (χ3v) is 13.3. The molecule has 0 fully saturated rings. The van der Waals surface area contributed by atoms with Gasteiger partial charge in [-0.3, -0.25) is 18.6 Å².